The van der Waals surface area contributed by atoms with Crippen LogP contribution in [0.5, 0.6) is 11.5 Å². The number of benzene rings is 1. The maximum absolute atomic E-state index is 13.4. The summed E-state index contributed by atoms with van der Waals surface area (Å²) in [5.74, 6) is -1.62. The van der Waals surface area contributed by atoms with Crippen LogP contribution in [0.3, 0.4) is 0 Å². The largest absolute Gasteiger partial charge is 0.509 e. The van der Waals surface area contributed by atoms with Crippen LogP contribution in [0.4, 0.5) is 4.79 Å². The van der Waals surface area contributed by atoms with Crippen LogP contribution in [0.25, 0.3) is 0 Å². The Morgan fingerprint density at radius 2 is 1.89 bits per heavy atom. The van der Waals surface area contributed by atoms with Crippen molar-refractivity contribution in [2.75, 3.05) is 27.3 Å². The van der Waals surface area contributed by atoms with Crippen molar-refractivity contribution >= 4 is 24.1 Å². The van der Waals surface area contributed by atoms with E-state index < -0.39 is 65.4 Å². The number of methoxy groups -OCH3 is 1. The molecule has 4 aliphatic rings. The molecule has 1 aromatic carbocycles. The van der Waals surface area contributed by atoms with Gasteiger partial charge in [0, 0.05) is 18.0 Å². The maximum Gasteiger partial charge on any atom is 0.509 e. The Morgan fingerprint density at radius 1 is 1.15 bits per heavy atom. The van der Waals surface area contributed by atoms with E-state index in [4.69, 9.17) is 33.2 Å². The first-order valence-electron chi connectivity index (χ1n) is 16.1. The van der Waals surface area contributed by atoms with Gasteiger partial charge in [0.25, 0.3) is 0 Å². The Morgan fingerprint density at radius 3 is 2.57 bits per heavy atom. The van der Waals surface area contributed by atoms with Gasteiger partial charge in [-0.1, -0.05) is 19.4 Å². The lowest BCUT2D eigenvalue weighted by Gasteiger charge is -2.61. The van der Waals surface area contributed by atoms with Crippen LogP contribution in [0, 0.1) is 0 Å². The molecule has 1 saturated heterocycles. The SMILES string of the molecule is CCCCOC(=O)C[C@H](OC(=O)OC(C)(C)C)C(=O)O[C@@H](C)C(=O)OC1=CC[C@@]2(O)[C@H]3Cc4ccc(OC)c5c4[C@@]2(CCN3C)[C@H]1O5. The smallest absolute Gasteiger partial charge is 0.493 e. The van der Waals surface area contributed by atoms with Crippen molar-refractivity contribution < 1.29 is 57.4 Å². The van der Waals surface area contributed by atoms with Gasteiger partial charge in [-0.25, -0.2) is 14.4 Å². The van der Waals surface area contributed by atoms with Gasteiger partial charge in [0.05, 0.1) is 31.2 Å². The van der Waals surface area contributed by atoms with Crippen molar-refractivity contribution in [2.45, 2.75) is 114 Å². The summed E-state index contributed by atoms with van der Waals surface area (Å²) in [6.45, 7) is 8.90. The van der Waals surface area contributed by atoms with Gasteiger partial charge in [-0.3, -0.25) is 4.79 Å². The Balaban J connectivity index is 1.33. The lowest BCUT2D eigenvalue weighted by atomic mass is 9.50. The molecule has 5 rings (SSSR count). The topological polar surface area (TPSA) is 156 Å². The van der Waals surface area contributed by atoms with Crippen LogP contribution in [0.1, 0.15) is 77.8 Å². The summed E-state index contributed by atoms with van der Waals surface area (Å²) in [6, 6.07) is 3.66. The zero-order chi connectivity index (χ0) is 34.3. The van der Waals surface area contributed by atoms with Gasteiger partial charge >= 0.3 is 24.1 Å². The summed E-state index contributed by atoms with van der Waals surface area (Å²) >= 11 is 0. The van der Waals surface area contributed by atoms with E-state index >= 15 is 0 Å². The van der Waals surface area contributed by atoms with Crippen molar-refractivity contribution in [1.82, 2.24) is 4.90 Å². The zero-order valence-electron chi connectivity index (χ0n) is 28.1. The molecule has 47 heavy (non-hydrogen) atoms. The first kappa shape index (κ1) is 34.5. The number of hydrogen-bond acceptors (Lipinski definition) is 13. The van der Waals surface area contributed by atoms with E-state index in [1.54, 1.807) is 34.0 Å². The van der Waals surface area contributed by atoms with Crippen LogP contribution in [-0.4, -0.2) is 96.9 Å². The first-order chi connectivity index (χ1) is 22.1. The number of rotatable bonds is 11. The molecule has 0 radical (unpaired) electrons. The number of carbonyl (C=O) groups excluding carboxylic acids is 4. The van der Waals surface area contributed by atoms with Crippen LogP contribution < -0.4 is 9.47 Å². The molecule has 1 aromatic rings. The standard InChI is InChI=1S/C34H45NO12/c1-8-9-16-42-25(36)18-23(45-31(39)47-32(3,4)5)30(38)43-19(2)29(37)44-22-12-13-34(40)24-17-20-10-11-21(41-7)27-26(20)33(34,28(22)46-27)14-15-35(24)6/h10-12,19,23-24,28,40H,8-9,13-18H2,1-7H3/t19-,23-,24+,28-,33-,34+/m0/s1. The van der Waals surface area contributed by atoms with Crippen molar-refractivity contribution in [3.8, 4) is 11.5 Å². The summed E-state index contributed by atoms with van der Waals surface area (Å²) in [7, 11) is 3.54. The molecule has 1 N–H and O–H groups in total. The zero-order valence-corrected chi connectivity index (χ0v) is 28.1. The van der Waals surface area contributed by atoms with Gasteiger partial charge in [0.1, 0.15) is 11.4 Å². The number of hydrogen-bond donors (Lipinski definition) is 1. The van der Waals surface area contributed by atoms with E-state index in [1.807, 2.05) is 26.1 Å². The van der Waals surface area contributed by atoms with Crippen molar-refractivity contribution in [3.05, 3.63) is 35.1 Å². The van der Waals surface area contributed by atoms with E-state index in [0.717, 1.165) is 17.5 Å². The minimum Gasteiger partial charge on any atom is -0.493 e. The number of piperidine rings is 1. The normalized spacial score (nSPS) is 26.9. The summed E-state index contributed by atoms with van der Waals surface area (Å²) in [5, 5.41) is 12.4. The average molecular weight is 660 g/mol. The van der Waals surface area contributed by atoms with Gasteiger partial charge in [0.15, 0.2) is 23.7 Å². The predicted molar refractivity (Wildman–Crippen MR) is 165 cm³/mol. The average Bonchev–Trinajstić information content (AvgIpc) is 3.35. The highest BCUT2D eigenvalue weighted by atomic mass is 16.7. The summed E-state index contributed by atoms with van der Waals surface area (Å²) in [4.78, 5) is 53.5. The number of unbranched alkanes of at least 4 members (excludes halogenated alkanes) is 1. The van der Waals surface area contributed by atoms with Crippen LogP contribution >= 0.6 is 0 Å². The summed E-state index contributed by atoms with van der Waals surface area (Å²) in [6.07, 6.45) is -1.40. The highest BCUT2D eigenvalue weighted by Gasteiger charge is 2.72. The van der Waals surface area contributed by atoms with Gasteiger partial charge in [-0.2, -0.15) is 0 Å². The lowest BCUT2D eigenvalue weighted by molar-refractivity contribution is -0.179. The number of esters is 3. The summed E-state index contributed by atoms with van der Waals surface area (Å²) < 4.78 is 38.7. The maximum atomic E-state index is 13.4. The van der Waals surface area contributed by atoms with Gasteiger partial charge in [-0.05, 0) is 78.3 Å². The molecular formula is C34H45NO12. The summed E-state index contributed by atoms with van der Waals surface area (Å²) in [5.41, 5.74) is -1.09. The minimum atomic E-state index is -1.73. The third-order valence-corrected chi connectivity index (χ3v) is 9.41. The van der Waals surface area contributed by atoms with E-state index in [2.05, 4.69) is 4.90 Å². The minimum absolute atomic E-state index is 0.134. The second kappa shape index (κ2) is 13.0. The Labute approximate surface area is 274 Å². The lowest BCUT2D eigenvalue weighted by Crippen LogP contribution is -2.74. The Hall–Kier alpha value is -3.84. The van der Waals surface area contributed by atoms with E-state index in [0.29, 0.717) is 37.3 Å². The predicted octanol–water partition coefficient (Wildman–Crippen LogP) is 3.50. The van der Waals surface area contributed by atoms with Crippen LogP contribution in [0.15, 0.2) is 24.0 Å². The molecule has 1 fully saturated rings. The molecule has 2 bridgehead atoms. The molecule has 6 atom stereocenters. The fourth-order valence-corrected chi connectivity index (χ4v) is 7.19. The second-order valence-electron chi connectivity index (χ2n) is 13.6. The molecule has 0 aromatic heterocycles. The number of likely N-dealkylation sites (N-methyl/N-ethyl adjacent to an activating group) is 1. The Kier molecular flexibility index (Phi) is 9.53. The number of aliphatic hydroxyl groups is 1. The number of ether oxygens (including phenoxy) is 7. The third-order valence-electron chi connectivity index (χ3n) is 9.41. The molecule has 13 heteroatoms. The van der Waals surface area contributed by atoms with Crippen molar-refractivity contribution in [1.29, 1.82) is 0 Å². The van der Waals surface area contributed by atoms with E-state index in [1.165, 1.54) is 6.92 Å². The molecule has 0 amide bonds. The molecule has 258 valence electrons. The number of nitrogens with zero attached hydrogens (tertiary/aromatic N) is 1. The Bertz CT molecular complexity index is 1450. The van der Waals surface area contributed by atoms with E-state index in [-0.39, 0.29) is 24.8 Å². The fourth-order valence-electron chi connectivity index (χ4n) is 7.19. The van der Waals surface area contributed by atoms with Gasteiger partial charge < -0.3 is 43.2 Å². The third kappa shape index (κ3) is 6.27. The van der Waals surface area contributed by atoms with Crippen LogP contribution in [0.2, 0.25) is 0 Å². The monoisotopic (exact) mass is 659 g/mol. The second-order valence-corrected chi connectivity index (χ2v) is 13.6. The molecule has 0 unspecified atom stereocenters. The number of carbonyl (C=O) groups is 4. The highest BCUT2D eigenvalue weighted by Crippen LogP contribution is 2.65. The number of likely N-dealkylation sites (tertiary alicyclic amines) is 1. The molecule has 1 spiro atoms. The fraction of sp³-hybridized carbons (Fsp3) is 0.647. The molecule has 13 nitrogen and oxygen atoms in total. The van der Waals surface area contributed by atoms with Crippen LogP contribution in [-0.2, 0) is 49.9 Å². The molecular weight excluding hydrogens is 614 g/mol. The first-order valence-corrected chi connectivity index (χ1v) is 16.1. The molecule has 2 aliphatic carbocycles. The van der Waals surface area contributed by atoms with Crippen molar-refractivity contribution in [2.24, 2.45) is 0 Å². The highest BCUT2D eigenvalue weighted by molar-refractivity contribution is 5.86. The quantitative estimate of drug-likeness (QED) is 0.209. The van der Waals surface area contributed by atoms with Gasteiger partial charge in [-0.15, -0.1) is 0 Å². The molecule has 0 saturated carbocycles. The van der Waals surface area contributed by atoms with Gasteiger partial charge in [0.2, 0.25) is 6.10 Å². The van der Waals surface area contributed by atoms with E-state index in [9.17, 15) is 24.3 Å². The van der Waals surface area contributed by atoms with Crippen molar-refractivity contribution in [3.63, 3.8) is 0 Å². The molecule has 2 heterocycles. The molecule has 2 aliphatic heterocycles.